The molecule has 1 aliphatic heterocycles. The molecule has 640 valence electrons. The summed E-state index contributed by atoms with van der Waals surface area (Å²) < 4.78 is 44.1. The van der Waals surface area contributed by atoms with Crippen molar-refractivity contribution in [1.29, 1.82) is 0 Å². The van der Waals surface area contributed by atoms with Crippen molar-refractivity contribution in [2.75, 3.05) is 48.8 Å². The van der Waals surface area contributed by atoms with Crippen molar-refractivity contribution in [1.82, 2.24) is 0 Å². The quantitative estimate of drug-likeness (QED) is 0.0720. The summed E-state index contributed by atoms with van der Waals surface area (Å²) in [7, 11) is 7.61. The molecule has 0 amide bonds. The summed E-state index contributed by atoms with van der Waals surface area (Å²) in [6.07, 6.45) is 15.1. The molecule has 0 N–H and O–H groups in total. The fourth-order valence-electron chi connectivity index (χ4n) is 12.3. The van der Waals surface area contributed by atoms with E-state index in [1.165, 1.54) is 142 Å². The molecule has 0 bridgehead atoms. The Labute approximate surface area is 709 Å². The van der Waals surface area contributed by atoms with Crippen LogP contribution in [0.25, 0.3) is 22.3 Å². The molecule has 3 saturated carbocycles. The predicted octanol–water partition coefficient (Wildman–Crippen LogP) is 25.5. The van der Waals surface area contributed by atoms with Crippen LogP contribution in [-0.2, 0) is 54.1 Å². The van der Waals surface area contributed by atoms with Gasteiger partial charge in [0.05, 0.1) is 65.3 Å². The maximum atomic E-state index is 11.3. The maximum Gasteiger partial charge on any atom is 0.337 e. The molecule has 4 aliphatic rings. The number of hydrogen-bond acceptors (Lipinski definition) is 14. The molecule has 1 saturated heterocycles. The molecule has 14 heteroatoms. The van der Waals surface area contributed by atoms with E-state index in [1.54, 1.807) is 50.6 Å². The third kappa shape index (κ3) is 46.2. The van der Waals surface area contributed by atoms with Crippen LogP contribution in [0.2, 0.25) is 0 Å². The Kier molecular flexibility index (Phi) is 50.9. The fourth-order valence-corrected chi connectivity index (χ4v) is 12.3. The molecule has 9 aromatic carbocycles. The summed E-state index contributed by atoms with van der Waals surface area (Å²) in [6, 6.07) is 72.4. The minimum Gasteiger partial charge on any atom is -0.497 e. The second-order valence-electron chi connectivity index (χ2n) is 31.7. The largest absolute Gasteiger partial charge is 0.497 e. The molecule has 0 radical (unpaired) electrons. The van der Waals surface area contributed by atoms with Crippen molar-refractivity contribution in [2.45, 2.75) is 214 Å². The van der Waals surface area contributed by atoms with Gasteiger partial charge in [0.25, 0.3) is 0 Å². The van der Waals surface area contributed by atoms with Gasteiger partial charge in [-0.15, -0.1) is 0 Å². The van der Waals surface area contributed by atoms with E-state index >= 15 is 0 Å². The number of hydrogen-bond donors (Lipinski definition) is 0. The van der Waals surface area contributed by atoms with E-state index in [-0.39, 0.29) is 48.2 Å². The molecule has 9 aromatic rings. The van der Waals surface area contributed by atoms with Crippen LogP contribution in [0.1, 0.15) is 209 Å². The van der Waals surface area contributed by atoms with Gasteiger partial charge < -0.3 is 42.6 Å². The van der Waals surface area contributed by atoms with Gasteiger partial charge >= 0.3 is 29.8 Å². The highest BCUT2D eigenvalue weighted by Gasteiger charge is 2.25. The number of methoxy groups -OCH3 is 5. The van der Waals surface area contributed by atoms with E-state index in [9.17, 15) is 24.0 Å². The second-order valence-corrected chi connectivity index (χ2v) is 31.7. The van der Waals surface area contributed by atoms with Crippen molar-refractivity contribution < 1.29 is 66.6 Å². The predicted molar refractivity (Wildman–Crippen MR) is 484 cm³/mol. The van der Waals surface area contributed by atoms with Crippen molar-refractivity contribution >= 4 is 29.8 Å². The molecule has 0 spiro atoms. The third-order valence-electron chi connectivity index (χ3n) is 20.2. The number of carbonyl (C=O) groups excluding carboxylic acids is 5. The van der Waals surface area contributed by atoms with Crippen LogP contribution in [0, 0.1) is 97.8 Å². The van der Waals surface area contributed by atoms with Crippen molar-refractivity contribution in [3.05, 3.63) is 285 Å². The van der Waals surface area contributed by atoms with E-state index in [2.05, 4.69) is 219 Å². The van der Waals surface area contributed by atoms with Gasteiger partial charge in [0, 0.05) is 26.9 Å². The molecule has 14 nitrogen and oxygen atoms in total. The van der Waals surface area contributed by atoms with E-state index in [0.717, 1.165) is 90.6 Å². The second kappa shape index (κ2) is 58.8. The normalized spacial score (nSPS) is 17.8. The van der Waals surface area contributed by atoms with Gasteiger partial charge in [-0.25, -0.2) is 9.59 Å². The summed E-state index contributed by atoms with van der Waals surface area (Å²) in [5.74, 6) is 4.92. The third-order valence-corrected chi connectivity index (χ3v) is 20.2. The first kappa shape index (κ1) is 102. The maximum absolute atomic E-state index is 11.3. The zero-order valence-corrected chi connectivity index (χ0v) is 75.2. The highest BCUT2D eigenvalue weighted by molar-refractivity contribution is 5.90. The van der Waals surface area contributed by atoms with Gasteiger partial charge in [-0.05, 0) is 221 Å². The summed E-state index contributed by atoms with van der Waals surface area (Å²) in [5.41, 5.74) is 18.6. The van der Waals surface area contributed by atoms with E-state index < -0.39 is 0 Å². The van der Waals surface area contributed by atoms with Gasteiger partial charge in [0.15, 0.2) is 6.29 Å². The average molecular weight is 1610 g/mol. The standard InChI is InChI=1S/C15H14O2.C14H14.C9H16O2.C9H10O2.C9H16O2.C9H10O2.C9H12O.C8H10O.C8H16.C8H10.C6H12O2/c1-11-3-5-12(6-4-11)13-7-9-14(10-8-13)15(16)17-2;1-11-3-7-13(8-4-11)14-9-5-12(2)6-10-14;2*1-7-3-5-8(6-4-7)9(10)11-2;2*1-7-3-5-9(6-4-7)11-8(2)10;1-8-3-5-9(6-4-8)7-10-2;1-7-3-5-8(9-2)6-4-7;2*1-7-3-5-8(2)6-4-7;1-5-3-7-6(2)8-4-5/h3-10H,1-2H3;3-10H,1-2H3;7-8H,3-6H2,1-2H3;3-6H,1-2H3;7,9H,3-6H2,1-2H3;3-6H,1-2H3;3-6H,7H2,1-2H3;3-6H,1-2H3;7-8H,3-6H2,1-2H3;3-6H,1-2H3;5-6H,3-4H2,1-2H3. The fraction of sp³-hybridized carbons (Fsp3) is 0.433. The van der Waals surface area contributed by atoms with E-state index in [0.29, 0.717) is 29.4 Å². The van der Waals surface area contributed by atoms with Crippen LogP contribution in [0.5, 0.6) is 11.5 Å². The lowest BCUT2D eigenvalue weighted by atomic mass is 9.83. The Morgan fingerprint density at radius 1 is 0.314 bits per heavy atom. The highest BCUT2D eigenvalue weighted by atomic mass is 16.7. The summed E-state index contributed by atoms with van der Waals surface area (Å²) in [4.78, 5) is 54.3. The van der Waals surface area contributed by atoms with E-state index in [4.69, 9.17) is 28.4 Å². The number of esters is 5. The van der Waals surface area contributed by atoms with Crippen LogP contribution in [0.15, 0.2) is 218 Å². The molecule has 0 atom stereocenters. The SMILES string of the molecule is CC(=O)OC1CCC(C)CC1.CC(=O)Oc1ccc(C)cc1.CC1CCC(C)CC1.CC1COC(C)OC1.COC(=O)C1CCC(C)CC1.COC(=O)c1ccc(-c2ccc(C)cc2)cc1.COC(=O)c1ccc(C)cc1.COCc1ccc(C)cc1.COc1ccc(C)cc1.Cc1ccc(-c2ccc(C)cc2)cc1.Cc1ccc(C)cc1. The number of benzene rings is 9. The van der Waals surface area contributed by atoms with Crippen LogP contribution in [0.3, 0.4) is 0 Å². The zero-order valence-electron chi connectivity index (χ0n) is 75.2. The first-order valence-electron chi connectivity index (χ1n) is 41.8. The Morgan fingerprint density at radius 3 is 0.873 bits per heavy atom. The van der Waals surface area contributed by atoms with Gasteiger partial charge in [-0.1, -0.05) is 280 Å². The zero-order chi connectivity index (χ0) is 87.3. The molecule has 13 rings (SSSR count). The Hall–Kier alpha value is -9.99. The van der Waals surface area contributed by atoms with Gasteiger partial charge in [-0.3, -0.25) is 14.4 Å². The lowest BCUT2D eigenvalue weighted by molar-refractivity contribution is -0.187. The lowest BCUT2D eigenvalue weighted by Gasteiger charge is -2.25. The van der Waals surface area contributed by atoms with Gasteiger partial charge in [0.2, 0.25) is 0 Å². The number of aryl methyl sites for hydroxylation is 9. The van der Waals surface area contributed by atoms with Crippen LogP contribution >= 0.6 is 0 Å². The minimum atomic E-state index is -0.305. The molecule has 1 heterocycles. The summed E-state index contributed by atoms with van der Waals surface area (Å²) in [6.45, 7) is 37.1. The number of ether oxygens (including phenoxy) is 9. The Balaban J connectivity index is 0.000000338. The molecule has 0 unspecified atom stereocenters. The van der Waals surface area contributed by atoms with Gasteiger partial charge in [-0.2, -0.15) is 0 Å². The molecule has 3 aliphatic carbocycles. The summed E-state index contributed by atoms with van der Waals surface area (Å²) >= 11 is 0. The van der Waals surface area contributed by atoms with Crippen LogP contribution in [-0.4, -0.2) is 91.0 Å². The van der Waals surface area contributed by atoms with Crippen LogP contribution < -0.4 is 9.47 Å². The molecular weight excluding hydrogens is 1470 g/mol. The highest BCUT2D eigenvalue weighted by Crippen LogP contribution is 2.30. The lowest BCUT2D eigenvalue weighted by Crippen LogP contribution is -2.27. The first-order valence-corrected chi connectivity index (χ1v) is 41.8. The molecular formula is C104H140O14. The van der Waals surface area contributed by atoms with E-state index in [1.807, 2.05) is 81.4 Å². The van der Waals surface area contributed by atoms with Crippen molar-refractivity contribution in [3.63, 3.8) is 0 Å². The van der Waals surface area contributed by atoms with Crippen molar-refractivity contribution in [3.8, 4) is 33.8 Å². The number of carbonyl (C=O) groups is 5. The summed E-state index contributed by atoms with van der Waals surface area (Å²) in [5, 5.41) is 0. The minimum absolute atomic E-state index is 0.0168. The van der Waals surface area contributed by atoms with Crippen molar-refractivity contribution in [2.24, 2.45) is 35.5 Å². The smallest absolute Gasteiger partial charge is 0.337 e. The Morgan fingerprint density at radius 2 is 0.585 bits per heavy atom. The molecule has 0 aromatic heterocycles. The topological polar surface area (TPSA) is 168 Å². The molecule has 4 fully saturated rings. The van der Waals surface area contributed by atoms with Gasteiger partial charge in [0.1, 0.15) is 17.6 Å². The average Bonchev–Trinajstić information content (AvgIpc) is 0.854. The van der Waals surface area contributed by atoms with Crippen LogP contribution in [0.4, 0.5) is 0 Å². The number of rotatable bonds is 10. The first-order chi connectivity index (χ1) is 56.3. The Bertz CT molecular complexity index is 4040. The monoisotopic (exact) mass is 1610 g/mol. The molecule has 118 heavy (non-hydrogen) atoms.